The van der Waals surface area contributed by atoms with Gasteiger partial charge in [-0.2, -0.15) is 0 Å². The molecule has 0 saturated heterocycles. The predicted octanol–water partition coefficient (Wildman–Crippen LogP) is 15.2. The van der Waals surface area contributed by atoms with Crippen LogP contribution in [0.4, 0.5) is 0 Å². The normalized spacial score (nSPS) is 13.8. The molecule has 0 radical (unpaired) electrons. The number of esters is 1. The molecule has 3 N–H and O–H groups in total. The summed E-state index contributed by atoms with van der Waals surface area (Å²) >= 11 is 0. The molecule has 0 aromatic rings. The summed E-state index contributed by atoms with van der Waals surface area (Å²) < 4.78 is 5.89. The van der Waals surface area contributed by atoms with Crippen LogP contribution in [0.1, 0.15) is 245 Å². The quantitative estimate of drug-likeness (QED) is 0.0322. The van der Waals surface area contributed by atoms with Gasteiger partial charge in [-0.05, 0) is 89.9 Å². The van der Waals surface area contributed by atoms with Crippen LogP contribution in [0.2, 0.25) is 0 Å². The second-order valence-electron chi connectivity index (χ2n) is 17.2. The van der Waals surface area contributed by atoms with Gasteiger partial charge in [-0.3, -0.25) is 9.59 Å². The van der Waals surface area contributed by atoms with Crippen molar-refractivity contribution >= 4 is 11.9 Å². The lowest BCUT2D eigenvalue weighted by Gasteiger charge is -2.24. The Morgan fingerprint density at radius 1 is 0.483 bits per heavy atom. The second kappa shape index (κ2) is 47.6. The molecule has 0 aliphatic carbocycles. The minimum atomic E-state index is -0.804. The Kier molecular flexibility index (Phi) is 45.7. The van der Waals surface area contributed by atoms with Gasteiger partial charge in [0.2, 0.25) is 5.91 Å². The van der Waals surface area contributed by atoms with Crippen LogP contribution in [0.15, 0.2) is 60.8 Å². The van der Waals surface area contributed by atoms with Crippen molar-refractivity contribution in [1.29, 1.82) is 0 Å². The number of allylic oxidation sites excluding steroid dienone is 10. The van der Waals surface area contributed by atoms with Gasteiger partial charge < -0.3 is 20.3 Å². The van der Waals surface area contributed by atoms with Gasteiger partial charge in [0.05, 0.1) is 25.2 Å². The van der Waals surface area contributed by atoms with Gasteiger partial charge >= 0.3 is 5.97 Å². The Balaban J connectivity index is 4.73. The number of amides is 1. The van der Waals surface area contributed by atoms with Gasteiger partial charge in [-0.1, -0.05) is 204 Å². The van der Waals surface area contributed by atoms with Gasteiger partial charge in [-0.15, -0.1) is 0 Å². The van der Waals surface area contributed by atoms with Crippen molar-refractivity contribution in [2.45, 2.75) is 264 Å². The van der Waals surface area contributed by atoms with Crippen LogP contribution < -0.4 is 5.32 Å². The van der Waals surface area contributed by atoms with Crippen LogP contribution in [0, 0.1) is 0 Å². The standard InChI is InChI=1S/C54H97NO5/c1-4-7-10-13-16-19-22-24-25-26-27-29-31-33-36-39-42-45-50(60-54(59)47-44-41-38-35-32-28-23-20-17-14-11-8-5-2)48-53(58)55-51(49-56)52(57)46-43-40-37-34-30-21-18-15-12-9-6-3/h16,19,24-25,27-29,32-33,36,50-52,56-57H,4-15,17-18,20-23,26,30-31,34-35,37-49H2,1-3H3,(H,55,58)/b19-16-,25-24-,29-27-,32-28-,36-33-. The number of hydrogen-bond acceptors (Lipinski definition) is 5. The zero-order chi connectivity index (χ0) is 43.8. The minimum absolute atomic E-state index is 0.0332. The smallest absolute Gasteiger partial charge is 0.306 e. The van der Waals surface area contributed by atoms with Gasteiger partial charge in [0.1, 0.15) is 6.10 Å². The largest absolute Gasteiger partial charge is 0.462 e. The number of hydrogen-bond donors (Lipinski definition) is 3. The van der Waals surface area contributed by atoms with Crippen LogP contribution in [-0.2, 0) is 14.3 Å². The van der Waals surface area contributed by atoms with E-state index >= 15 is 0 Å². The summed E-state index contributed by atoms with van der Waals surface area (Å²) in [6.45, 7) is 6.42. The summed E-state index contributed by atoms with van der Waals surface area (Å²) in [5.41, 5.74) is 0. The Hall–Kier alpha value is -2.44. The van der Waals surface area contributed by atoms with E-state index in [-0.39, 0.29) is 24.9 Å². The van der Waals surface area contributed by atoms with E-state index in [0.29, 0.717) is 19.3 Å². The highest BCUT2D eigenvalue weighted by Gasteiger charge is 2.24. The molecular weight excluding hydrogens is 743 g/mol. The first kappa shape index (κ1) is 57.6. The van der Waals surface area contributed by atoms with Gasteiger partial charge in [0.15, 0.2) is 0 Å². The predicted molar refractivity (Wildman–Crippen MR) is 259 cm³/mol. The summed E-state index contributed by atoms with van der Waals surface area (Å²) in [5.74, 6) is -0.547. The molecule has 60 heavy (non-hydrogen) atoms. The highest BCUT2D eigenvalue weighted by Crippen LogP contribution is 2.16. The molecule has 6 nitrogen and oxygen atoms in total. The van der Waals surface area contributed by atoms with E-state index < -0.39 is 18.2 Å². The molecule has 3 unspecified atom stereocenters. The molecule has 0 fully saturated rings. The van der Waals surface area contributed by atoms with Crippen molar-refractivity contribution < 1.29 is 24.5 Å². The molecule has 0 heterocycles. The third-order valence-corrected chi connectivity index (χ3v) is 11.3. The van der Waals surface area contributed by atoms with Crippen molar-refractivity contribution in [3.63, 3.8) is 0 Å². The van der Waals surface area contributed by atoms with E-state index in [1.807, 2.05) is 0 Å². The summed E-state index contributed by atoms with van der Waals surface area (Å²) in [7, 11) is 0. The first-order chi connectivity index (χ1) is 29.5. The summed E-state index contributed by atoms with van der Waals surface area (Å²) in [4.78, 5) is 26.1. The number of aliphatic hydroxyl groups excluding tert-OH is 2. The molecule has 0 saturated carbocycles. The van der Waals surface area contributed by atoms with Crippen LogP contribution in [-0.4, -0.2) is 46.9 Å². The number of rotatable bonds is 45. The fourth-order valence-electron chi connectivity index (χ4n) is 7.41. The number of carbonyl (C=O) groups is 2. The minimum Gasteiger partial charge on any atom is -0.462 e. The molecule has 1 amide bonds. The molecule has 348 valence electrons. The molecule has 0 spiro atoms. The van der Waals surface area contributed by atoms with E-state index in [1.165, 1.54) is 116 Å². The summed E-state index contributed by atoms with van der Waals surface area (Å²) in [6.07, 6.45) is 58.5. The average molecular weight is 840 g/mol. The number of nitrogens with one attached hydrogen (secondary N) is 1. The maximum atomic E-state index is 13.2. The lowest BCUT2D eigenvalue weighted by molar-refractivity contribution is -0.151. The van der Waals surface area contributed by atoms with Gasteiger partial charge in [0.25, 0.3) is 0 Å². The third-order valence-electron chi connectivity index (χ3n) is 11.3. The Morgan fingerprint density at radius 2 is 0.867 bits per heavy atom. The highest BCUT2D eigenvalue weighted by molar-refractivity contribution is 5.77. The Labute approximate surface area is 371 Å². The Bertz CT molecular complexity index is 1080. The highest BCUT2D eigenvalue weighted by atomic mass is 16.5. The molecule has 0 aliphatic heterocycles. The molecule has 0 aliphatic rings. The van der Waals surface area contributed by atoms with Crippen LogP contribution >= 0.6 is 0 Å². The fraction of sp³-hybridized carbons (Fsp3) is 0.778. The van der Waals surface area contributed by atoms with E-state index in [4.69, 9.17) is 4.74 Å². The monoisotopic (exact) mass is 840 g/mol. The molecule has 0 aromatic carbocycles. The van der Waals surface area contributed by atoms with Gasteiger partial charge in [-0.25, -0.2) is 0 Å². The van der Waals surface area contributed by atoms with Crippen molar-refractivity contribution in [2.24, 2.45) is 0 Å². The van der Waals surface area contributed by atoms with Crippen LogP contribution in [0.3, 0.4) is 0 Å². The zero-order valence-electron chi connectivity index (χ0n) is 39.6. The Morgan fingerprint density at radius 3 is 1.37 bits per heavy atom. The average Bonchev–Trinajstić information content (AvgIpc) is 3.24. The molecule has 0 rings (SSSR count). The lowest BCUT2D eigenvalue weighted by atomic mass is 10.0. The topological polar surface area (TPSA) is 95.9 Å². The van der Waals surface area contributed by atoms with Crippen molar-refractivity contribution in [3.8, 4) is 0 Å². The first-order valence-electron chi connectivity index (χ1n) is 25.5. The van der Waals surface area contributed by atoms with E-state index in [2.05, 4.69) is 86.8 Å². The SMILES string of the molecule is CCCCC/C=C\C/C=C\C/C=C\C/C=C\CCCC(CC(=O)NC(CO)C(O)CCCCCCCCCCCCC)OC(=O)CCCCC/C=C\CCCCCCCC. The maximum Gasteiger partial charge on any atom is 0.306 e. The van der Waals surface area contributed by atoms with Crippen LogP contribution in [0.5, 0.6) is 0 Å². The first-order valence-corrected chi connectivity index (χ1v) is 25.5. The maximum absolute atomic E-state index is 13.2. The molecule has 0 aromatic heterocycles. The molecule has 3 atom stereocenters. The number of ether oxygens (including phenoxy) is 1. The van der Waals surface area contributed by atoms with E-state index in [1.54, 1.807) is 0 Å². The molecule has 6 heteroatoms. The summed E-state index contributed by atoms with van der Waals surface area (Å²) in [5, 5.41) is 23.7. The second-order valence-corrected chi connectivity index (χ2v) is 17.2. The zero-order valence-corrected chi connectivity index (χ0v) is 39.6. The molecule has 0 bridgehead atoms. The van der Waals surface area contributed by atoms with E-state index in [0.717, 1.165) is 83.5 Å². The molecular formula is C54H97NO5. The van der Waals surface area contributed by atoms with Crippen molar-refractivity contribution in [1.82, 2.24) is 5.32 Å². The summed E-state index contributed by atoms with van der Waals surface area (Å²) in [6, 6.07) is -0.722. The number of aliphatic hydroxyl groups is 2. The van der Waals surface area contributed by atoms with Crippen molar-refractivity contribution in [3.05, 3.63) is 60.8 Å². The van der Waals surface area contributed by atoms with Gasteiger partial charge in [0, 0.05) is 6.42 Å². The van der Waals surface area contributed by atoms with Crippen molar-refractivity contribution in [2.75, 3.05) is 6.61 Å². The lowest BCUT2D eigenvalue weighted by Crippen LogP contribution is -2.46. The third kappa shape index (κ3) is 42.3. The van der Waals surface area contributed by atoms with E-state index in [9.17, 15) is 19.8 Å². The van der Waals surface area contributed by atoms with Crippen LogP contribution in [0.25, 0.3) is 0 Å². The fourth-order valence-corrected chi connectivity index (χ4v) is 7.41. The number of carbonyl (C=O) groups excluding carboxylic acids is 2. The number of unbranched alkanes of at least 4 members (excludes halogenated alkanes) is 23.